The zero-order valence-electron chi connectivity index (χ0n) is 12.0. The minimum Gasteiger partial charge on any atom is -0.492 e. The standard InChI is InChI=1S/C14H22BrNO3S/c1-3-4-5-6-7-8-19-14-11(2)9-12(15)10-13(14)20(16,17)18/h9-10H,3-8H2,1-2H3,(H2,16,17,18). The number of nitrogens with two attached hydrogens (primary N) is 1. The third-order valence-corrected chi connectivity index (χ3v) is 4.38. The van der Waals surface area contributed by atoms with E-state index < -0.39 is 10.0 Å². The van der Waals surface area contributed by atoms with Crippen molar-refractivity contribution in [3.8, 4) is 5.75 Å². The number of halogens is 1. The van der Waals surface area contributed by atoms with Gasteiger partial charge in [-0.25, -0.2) is 13.6 Å². The van der Waals surface area contributed by atoms with Gasteiger partial charge in [0.25, 0.3) is 0 Å². The third-order valence-electron chi connectivity index (χ3n) is 3.01. The predicted octanol–water partition coefficient (Wildman–Crippen LogP) is 3.75. The fourth-order valence-corrected chi connectivity index (χ4v) is 3.47. The smallest absolute Gasteiger partial charge is 0.241 e. The second-order valence-corrected chi connectivity index (χ2v) is 7.30. The molecule has 0 saturated carbocycles. The first-order valence-electron chi connectivity index (χ1n) is 6.82. The number of aryl methyl sites for hydroxylation is 1. The molecule has 0 heterocycles. The maximum atomic E-state index is 11.6. The summed E-state index contributed by atoms with van der Waals surface area (Å²) in [4.78, 5) is 0.0398. The molecular weight excluding hydrogens is 342 g/mol. The van der Waals surface area contributed by atoms with Crippen molar-refractivity contribution in [2.75, 3.05) is 6.61 Å². The van der Waals surface area contributed by atoms with Crippen LogP contribution in [0.25, 0.3) is 0 Å². The second-order valence-electron chi connectivity index (χ2n) is 4.86. The molecule has 0 fully saturated rings. The maximum Gasteiger partial charge on any atom is 0.241 e. The van der Waals surface area contributed by atoms with Gasteiger partial charge < -0.3 is 4.74 Å². The topological polar surface area (TPSA) is 69.4 Å². The summed E-state index contributed by atoms with van der Waals surface area (Å²) in [6.45, 7) is 4.49. The van der Waals surface area contributed by atoms with E-state index in [9.17, 15) is 8.42 Å². The Bertz CT molecular complexity index is 544. The second kappa shape index (κ2) is 8.00. The van der Waals surface area contributed by atoms with Gasteiger partial charge in [-0.05, 0) is 31.0 Å². The fraction of sp³-hybridized carbons (Fsp3) is 0.571. The highest BCUT2D eigenvalue weighted by Crippen LogP contribution is 2.31. The van der Waals surface area contributed by atoms with Gasteiger partial charge in [0.05, 0.1) is 6.61 Å². The quantitative estimate of drug-likeness (QED) is 0.714. The molecule has 0 amide bonds. The van der Waals surface area contributed by atoms with Crippen molar-refractivity contribution in [3.05, 3.63) is 22.2 Å². The molecular formula is C14H22BrNO3S. The van der Waals surface area contributed by atoms with Crippen LogP contribution in [0, 0.1) is 6.92 Å². The first kappa shape index (κ1) is 17.5. The molecule has 0 aromatic heterocycles. The highest BCUT2D eigenvalue weighted by atomic mass is 79.9. The van der Waals surface area contributed by atoms with E-state index in [1.54, 1.807) is 0 Å². The van der Waals surface area contributed by atoms with Gasteiger partial charge in [0, 0.05) is 4.47 Å². The summed E-state index contributed by atoms with van der Waals surface area (Å²) in [5.41, 5.74) is 0.761. The normalized spacial score (nSPS) is 11.6. The van der Waals surface area contributed by atoms with Crippen LogP contribution in [0.2, 0.25) is 0 Å². The summed E-state index contributed by atoms with van der Waals surface area (Å²) in [6.07, 6.45) is 5.61. The summed E-state index contributed by atoms with van der Waals surface area (Å²) in [5.74, 6) is 0.367. The molecule has 0 saturated heterocycles. The number of primary sulfonamides is 1. The molecule has 4 nitrogen and oxygen atoms in total. The Morgan fingerprint density at radius 2 is 1.85 bits per heavy atom. The summed E-state index contributed by atoms with van der Waals surface area (Å²) < 4.78 is 29.5. The van der Waals surface area contributed by atoms with E-state index >= 15 is 0 Å². The van der Waals surface area contributed by atoms with Crippen LogP contribution in [0.4, 0.5) is 0 Å². The van der Waals surface area contributed by atoms with Gasteiger partial charge in [-0.15, -0.1) is 0 Å². The molecule has 2 N–H and O–H groups in total. The van der Waals surface area contributed by atoms with E-state index in [-0.39, 0.29) is 4.90 Å². The van der Waals surface area contributed by atoms with Crippen molar-refractivity contribution in [1.29, 1.82) is 0 Å². The van der Waals surface area contributed by atoms with Crippen molar-refractivity contribution < 1.29 is 13.2 Å². The number of hydrogen-bond donors (Lipinski definition) is 1. The predicted molar refractivity (Wildman–Crippen MR) is 84.5 cm³/mol. The molecule has 0 bridgehead atoms. The Kier molecular flexibility index (Phi) is 6.99. The average Bonchev–Trinajstić information content (AvgIpc) is 2.34. The molecule has 1 aromatic rings. The van der Waals surface area contributed by atoms with Crippen LogP contribution in [0.5, 0.6) is 5.75 Å². The van der Waals surface area contributed by atoms with Crippen LogP contribution >= 0.6 is 15.9 Å². The van der Waals surface area contributed by atoms with Crippen LogP contribution in [-0.2, 0) is 10.0 Å². The maximum absolute atomic E-state index is 11.6. The van der Waals surface area contributed by atoms with Crippen LogP contribution in [0.1, 0.15) is 44.6 Å². The van der Waals surface area contributed by atoms with Crippen LogP contribution < -0.4 is 9.88 Å². The van der Waals surface area contributed by atoms with Crippen LogP contribution in [0.3, 0.4) is 0 Å². The molecule has 0 unspecified atom stereocenters. The van der Waals surface area contributed by atoms with Crippen molar-refractivity contribution in [3.63, 3.8) is 0 Å². The Labute approximate surface area is 129 Å². The molecule has 20 heavy (non-hydrogen) atoms. The van der Waals surface area contributed by atoms with E-state index in [2.05, 4.69) is 22.9 Å². The van der Waals surface area contributed by atoms with Crippen LogP contribution in [0.15, 0.2) is 21.5 Å². The van der Waals surface area contributed by atoms with E-state index in [1.807, 2.05) is 13.0 Å². The van der Waals surface area contributed by atoms with Crippen LogP contribution in [-0.4, -0.2) is 15.0 Å². The summed E-state index contributed by atoms with van der Waals surface area (Å²) in [6, 6.07) is 3.30. The summed E-state index contributed by atoms with van der Waals surface area (Å²) >= 11 is 3.27. The molecule has 0 aliphatic carbocycles. The largest absolute Gasteiger partial charge is 0.492 e. The van der Waals surface area contributed by atoms with Gasteiger partial charge in [0.1, 0.15) is 10.6 Å². The lowest BCUT2D eigenvalue weighted by atomic mass is 10.2. The minimum atomic E-state index is -3.78. The van der Waals surface area contributed by atoms with Gasteiger partial charge in [-0.1, -0.05) is 48.5 Å². The number of sulfonamides is 1. The number of benzene rings is 1. The first-order valence-corrected chi connectivity index (χ1v) is 9.16. The number of hydrogen-bond acceptors (Lipinski definition) is 3. The Morgan fingerprint density at radius 1 is 1.20 bits per heavy atom. The SMILES string of the molecule is CCCCCCCOc1c(C)cc(Br)cc1S(N)(=O)=O. The molecule has 0 radical (unpaired) electrons. The lowest BCUT2D eigenvalue weighted by Crippen LogP contribution is -2.15. The van der Waals surface area contributed by atoms with Gasteiger partial charge in [-0.2, -0.15) is 0 Å². The monoisotopic (exact) mass is 363 g/mol. The molecule has 0 atom stereocenters. The van der Waals surface area contributed by atoms with Crippen molar-refractivity contribution >= 4 is 26.0 Å². The van der Waals surface area contributed by atoms with E-state index in [0.29, 0.717) is 16.8 Å². The Morgan fingerprint density at radius 3 is 2.45 bits per heavy atom. The Hall–Kier alpha value is -0.590. The highest BCUT2D eigenvalue weighted by Gasteiger charge is 2.18. The molecule has 6 heteroatoms. The average molecular weight is 364 g/mol. The lowest BCUT2D eigenvalue weighted by Gasteiger charge is -2.13. The van der Waals surface area contributed by atoms with Crippen molar-refractivity contribution in [2.45, 2.75) is 50.8 Å². The van der Waals surface area contributed by atoms with Gasteiger partial charge in [-0.3, -0.25) is 0 Å². The van der Waals surface area contributed by atoms with Gasteiger partial charge in [0.15, 0.2) is 0 Å². The van der Waals surface area contributed by atoms with E-state index in [1.165, 1.54) is 25.3 Å². The zero-order valence-corrected chi connectivity index (χ0v) is 14.4. The molecule has 1 rings (SSSR count). The first-order chi connectivity index (χ1) is 9.36. The Balaban J connectivity index is 2.74. The lowest BCUT2D eigenvalue weighted by molar-refractivity contribution is 0.295. The van der Waals surface area contributed by atoms with Crippen molar-refractivity contribution in [1.82, 2.24) is 0 Å². The zero-order chi connectivity index (χ0) is 15.2. The summed E-state index contributed by atoms with van der Waals surface area (Å²) in [5, 5.41) is 5.24. The van der Waals surface area contributed by atoms with Gasteiger partial charge in [0.2, 0.25) is 10.0 Å². The van der Waals surface area contributed by atoms with E-state index in [0.717, 1.165) is 18.4 Å². The third kappa shape index (κ3) is 5.42. The number of rotatable bonds is 8. The number of ether oxygens (including phenoxy) is 1. The fourth-order valence-electron chi connectivity index (χ4n) is 1.98. The minimum absolute atomic E-state index is 0.0398. The molecule has 0 aliphatic rings. The van der Waals surface area contributed by atoms with Crippen molar-refractivity contribution in [2.24, 2.45) is 5.14 Å². The van der Waals surface area contributed by atoms with E-state index in [4.69, 9.17) is 9.88 Å². The highest BCUT2D eigenvalue weighted by molar-refractivity contribution is 9.10. The summed E-state index contributed by atoms with van der Waals surface area (Å²) in [7, 11) is -3.78. The molecule has 0 spiro atoms. The number of unbranched alkanes of at least 4 members (excludes halogenated alkanes) is 4. The molecule has 1 aromatic carbocycles. The van der Waals surface area contributed by atoms with Gasteiger partial charge >= 0.3 is 0 Å². The molecule has 114 valence electrons. The molecule has 0 aliphatic heterocycles.